The minimum atomic E-state index is -4.91. The van der Waals surface area contributed by atoms with Gasteiger partial charge in [-0.1, -0.05) is 11.3 Å². The smallest absolute Gasteiger partial charge is 0.435 e. The molecule has 2 rings (SSSR count). The van der Waals surface area contributed by atoms with Crippen LogP contribution >= 0.6 is 23.1 Å². The van der Waals surface area contributed by atoms with E-state index in [0.717, 1.165) is 4.80 Å². The molecule has 2 aromatic heterocycles. The van der Waals surface area contributed by atoms with Gasteiger partial charge in [0.05, 0.1) is 0 Å². The van der Waals surface area contributed by atoms with E-state index in [1.807, 2.05) is 0 Å². The van der Waals surface area contributed by atoms with E-state index in [9.17, 15) is 22.8 Å². The topological polar surface area (TPSA) is 131 Å². The second-order valence-electron chi connectivity index (χ2n) is 3.56. The van der Waals surface area contributed by atoms with Crippen LogP contribution in [0.1, 0.15) is 15.4 Å². The predicted molar refractivity (Wildman–Crippen MR) is 63.7 cm³/mol. The maximum atomic E-state index is 12.7. The van der Waals surface area contributed by atoms with Crippen molar-refractivity contribution in [2.45, 2.75) is 22.2 Å². The van der Waals surface area contributed by atoms with E-state index in [4.69, 9.17) is 10.2 Å². The van der Waals surface area contributed by atoms with Crippen molar-refractivity contribution < 1.29 is 33.0 Å². The number of carboxylic acids is 2. The quantitative estimate of drug-likeness (QED) is 0.808. The number of nitrogens with zero attached hydrogens (tertiary/aromatic N) is 5. The van der Waals surface area contributed by atoms with Crippen molar-refractivity contribution in [2.75, 3.05) is 0 Å². The fourth-order valence-electron chi connectivity index (χ4n) is 1.22. The van der Waals surface area contributed by atoms with Crippen molar-refractivity contribution >= 4 is 35.0 Å². The molecule has 2 heterocycles. The number of rotatable bonds is 5. The third-order valence-corrected chi connectivity index (χ3v) is 3.91. The summed E-state index contributed by atoms with van der Waals surface area (Å²) < 4.78 is 37.8. The summed E-state index contributed by atoms with van der Waals surface area (Å²) in [4.78, 5) is 24.2. The Morgan fingerprint density at radius 2 is 2.00 bits per heavy atom. The number of carbonyl (C=O) groups is 2. The van der Waals surface area contributed by atoms with Gasteiger partial charge in [-0.25, -0.2) is 9.78 Å². The summed E-state index contributed by atoms with van der Waals surface area (Å²) in [7, 11) is 0. The second kappa shape index (κ2) is 5.88. The number of hydrogen-bond acceptors (Lipinski definition) is 8. The predicted octanol–water partition coefficient (Wildman–Crippen LogP) is 1.08. The van der Waals surface area contributed by atoms with Gasteiger partial charge in [0, 0.05) is 0 Å². The first kappa shape index (κ1) is 16.2. The molecule has 0 atom stereocenters. The van der Waals surface area contributed by atoms with Gasteiger partial charge in [0.1, 0.15) is 4.88 Å². The average Bonchev–Trinajstić information content (AvgIpc) is 2.95. The second-order valence-corrected chi connectivity index (χ2v) is 5.77. The molecule has 0 radical (unpaired) electrons. The van der Waals surface area contributed by atoms with Gasteiger partial charge in [-0.15, -0.1) is 10.2 Å². The van der Waals surface area contributed by atoms with Crippen LogP contribution in [0.15, 0.2) is 9.50 Å². The Balaban J connectivity index is 2.25. The summed E-state index contributed by atoms with van der Waals surface area (Å²) in [5.74, 6) is -2.98. The molecule has 14 heteroatoms. The number of halogens is 3. The lowest BCUT2D eigenvalue weighted by atomic mass is 10.3. The Hall–Kier alpha value is -2.22. The number of hydrogen-bond donors (Lipinski definition) is 2. The lowest BCUT2D eigenvalue weighted by molar-refractivity contribution is -0.141. The number of tetrazole rings is 1. The molecule has 22 heavy (non-hydrogen) atoms. The zero-order valence-corrected chi connectivity index (χ0v) is 11.7. The highest BCUT2D eigenvalue weighted by atomic mass is 32.2. The van der Waals surface area contributed by atoms with Crippen molar-refractivity contribution in [3.63, 3.8) is 0 Å². The molecule has 0 fully saturated rings. The number of aliphatic carboxylic acids is 1. The molecular weight excluding hydrogens is 351 g/mol. The van der Waals surface area contributed by atoms with Crippen molar-refractivity contribution in [3.8, 4) is 0 Å². The van der Waals surface area contributed by atoms with Crippen LogP contribution in [-0.2, 0) is 17.5 Å². The van der Waals surface area contributed by atoms with Crippen LogP contribution < -0.4 is 0 Å². The zero-order valence-electron chi connectivity index (χ0n) is 10.1. The number of aromatic carboxylic acids is 1. The van der Waals surface area contributed by atoms with E-state index >= 15 is 0 Å². The molecule has 0 saturated heterocycles. The first-order chi connectivity index (χ1) is 10.2. The van der Waals surface area contributed by atoms with Crippen molar-refractivity contribution in [3.05, 3.63) is 10.6 Å². The van der Waals surface area contributed by atoms with Crippen molar-refractivity contribution in [2.24, 2.45) is 0 Å². The molecule has 118 valence electrons. The fraction of sp³-hybridized carbons (Fsp3) is 0.250. The Bertz CT molecular complexity index is 728. The molecular formula is C8H4F3N5O4S2. The normalized spacial score (nSPS) is 11.6. The molecule has 0 amide bonds. The molecule has 0 bridgehead atoms. The lowest BCUT2D eigenvalue weighted by Gasteiger charge is -2.02. The molecule has 2 N–H and O–H groups in total. The third kappa shape index (κ3) is 3.70. The summed E-state index contributed by atoms with van der Waals surface area (Å²) in [6.45, 7) is -0.570. The molecule has 0 unspecified atom stereocenters. The monoisotopic (exact) mass is 355 g/mol. The van der Waals surface area contributed by atoms with Crippen LogP contribution in [0.25, 0.3) is 0 Å². The van der Waals surface area contributed by atoms with Crippen LogP contribution in [0.2, 0.25) is 0 Å². The molecule has 2 aromatic rings. The molecule has 0 aliphatic rings. The minimum Gasteiger partial charge on any atom is -0.480 e. The first-order valence-electron chi connectivity index (χ1n) is 5.15. The highest BCUT2D eigenvalue weighted by molar-refractivity contribution is 8.00. The van der Waals surface area contributed by atoms with Gasteiger partial charge in [0.15, 0.2) is 16.6 Å². The van der Waals surface area contributed by atoms with Crippen molar-refractivity contribution in [1.82, 2.24) is 25.2 Å². The Labute approximate surface area is 126 Å². The van der Waals surface area contributed by atoms with E-state index in [2.05, 4.69) is 20.4 Å². The van der Waals surface area contributed by atoms with Gasteiger partial charge >= 0.3 is 18.1 Å². The minimum absolute atomic E-state index is 0.152. The van der Waals surface area contributed by atoms with Gasteiger partial charge in [-0.05, 0) is 17.0 Å². The number of aromatic nitrogens is 5. The summed E-state index contributed by atoms with van der Waals surface area (Å²) in [5, 5.41) is 27.5. The van der Waals surface area contributed by atoms with E-state index in [0.29, 0.717) is 23.1 Å². The van der Waals surface area contributed by atoms with E-state index in [1.165, 1.54) is 0 Å². The zero-order chi connectivity index (χ0) is 16.5. The lowest BCUT2D eigenvalue weighted by Crippen LogP contribution is -2.11. The van der Waals surface area contributed by atoms with E-state index < -0.39 is 35.2 Å². The molecule has 0 aliphatic heterocycles. The standard InChI is InChI=1S/C8H4F3N5O4S2/c9-8(10,11)4-3(5(19)20)21-7(12-4)22-6-13-15-16(14-6)1-2(17)18/h1H2,(H,17,18)(H,19,20). The van der Waals surface area contributed by atoms with E-state index in [1.54, 1.807) is 0 Å². The van der Waals surface area contributed by atoms with Crippen LogP contribution in [0.4, 0.5) is 13.2 Å². The third-order valence-electron chi connectivity index (χ3n) is 1.96. The maximum absolute atomic E-state index is 12.7. The van der Waals surface area contributed by atoms with Crippen LogP contribution in [0.3, 0.4) is 0 Å². The van der Waals surface area contributed by atoms with Gasteiger partial charge in [-0.2, -0.15) is 18.0 Å². The summed E-state index contributed by atoms with van der Waals surface area (Å²) in [5.41, 5.74) is -1.51. The van der Waals surface area contributed by atoms with Crippen LogP contribution in [-0.4, -0.2) is 47.3 Å². The molecule has 0 spiro atoms. The Morgan fingerprint density at radius 3 is 2.50 bits per heavy atom. The van der Waals surface area contributed by atoms with Gasteiger partial charge in [0.2, 0.25) is 5.16 Å². The number of thiazole rings is 1. The summed E-state index contributed by atoms with van der Waals surface area (Å²) >= 11 is 0.861. The fourth-order valence-corrected chi connectivity index (χ4v) is 3.02. The highest BCUT2D eigenvalue weighted by Gasteiger charge is 2.40. The van der Waals surface area contributed by atoms with Gasteiger partial charge in [-0.3, -0.25) is 4.79 Å². The molecule has 0 saturated carbocycles. The average molecular weight is 355 g/mol. The van der Waals surface area contributed by atoms with Crippen LogP contribution in [0.5, 0.6) is 0 Å². The van der Waals surface area contributed by atoms with E-state index in [-0.39, 0.29) is 9.50 Å². The number of carboxylic acid groups (broad SMARTS) is 2. The summed E-state index contributed by atoms with van der Waals surface area (Å²) in [6.07, 6.45) is -4.91. The Kier molecular flexibility index (Phi) is 4.32. The van der Waals surface area contributed by atoms with Crippen LogP contribution in [0, 0.1) is 0 Å². The maximum Gasteiger partial charge on any atom is 0.435 e. The molecule has 0 aromatic carbocycles. The molecule has 9 nitrogen and oxygen atoms in total. The Morgan fingerprint density at radius 1 is 1.32 bits per heavy atom. The largest absolute Gasteiger partial charge is 0.480 e. The first-order valence-corrected chi connectivity index (χ1v) is 6.79. The number of alkyl halides is 3. The highest BCUT2D eigenvalue weighted by Crippen LogP contribution is 2.38. The summed E-state index contributed by atoms with van der Waals surface area (Å²) in [6, 6.07) is 0. The van der Waals surface area contributed by atoms with Crippen molar-refractivity contribution in [1.29, 1.82) is 0 Å². The molecule has 0 aliphatic carbocycles. The van der Waals surface area contributed by atoms with Gasteiger partial charge < -0.3 is 10.2 Å². The van der Waals surface area contributed by atoms with Gasteiger partial charge in [0.25, 0.3) is 0 Å². The SMILES string of the molecule is O=C(O)Cn1nnc(Sc2nc(C(F)(F)F)c(C(=O)O)s2)n1.